The number of urea groups is 1. The third kappa shape index (κ3) is 3.30. The highest BCUT2D eigenvalue weighted by atomic mass is 16.5. The zero-order valence-electron chi connectivity index (χ0n) is 18.6. The summed E-state index contributed by atoms with van der Waals surface area (Å²) in [4.78, 5) is 48.5. The van der Waals surface area contributed by atoms with Crippen LogP contribution in [-0.2, 0) is 16.9 Å². The van der Waals surface area contributed by atoms with Crippen LogP contribution < -0.4 is 15.4 Å². The number of furan rings is 1. The van der Waals surface area contributed by atoms with Crippen LogP contribution in [0.1, 0.15) is 21.7 Å². The fourth-order valence-corrected chi connectivity index (χ4v) is 4.57. The molecule has 3 aromatic heterocycles. The third-order valence-electron chi connectivity index (χ3n) is 6.35. The molecule has 174 valence electrons. The van der Waals surface area contributed by atoms with Crippen molar-refractivity contribution in [3.05, 3.63) is 77.9 Å². The van der Waals surface area contributed by atoms with Gasteiger partial charge in [0.2, 0.25) is 5.71 Å². The number of fused-ring (bicyclic) bond motifs is 2. The Morgan fingerprint density at radius 2 is 2.00 bits per heavy atom. The SMILES string of the molecule is COc1ccc2c(c1)C(=O)N(CC1(c3cc4cc(-c5cccnc5)cnc4o3)NC(=O)NC1=O)C2. The fraction of sp³-hybridized carbons (Fsp3) is 0.160. The normalized spacial score (nSPS) is 19.1. The Morgan fingerprint density at radius 3 is 2.74 bits per heavy atom. The molecule has 10 heteroatoms. The second kappa shape index (κ2) is 7.66. The molecule has 4 aromatic rings. The van der Waals surface area contributed by atoms with Crippen molar-refractivity contribution in [3.8, 4) is 16.9 Å². The Kier molecular flexibility index (Phi) is 4.56. The van der Waals surface area contributed by atoms with Crippen LogP contribution >= 0.6 is 0 Å². The van der Waals surface area contributed by atoms with Crippen LogP contribution in [-0.4, -0.2) is 46.4 Å². The molecular weight excluding hydrogens is 450 g/mol. The molecule has 5 heterocycles. The zero-order chi connectivity index (χ0) is 24.2. The number of carbonyl (C=O) groups excluding carboxylic acids is 3. The number of imide groups is 1. The number of ether oxygens (including phenoxy) is 1. The summed E-state index contributed by atoms with van der Waals surface area (Å²) in [5, 5.41) is 5.62. The van der Waals surface area contributed by atoms with Crippen molar-refractivity contribution >= 4 is 28.9 Å². The first-order valence-corrected chi connectivity index (χ1v) is 10.9. The molecule has 0 aliphatic carbocycles. The van der Waals surface area contributed by atoms with E-state index in [0.29, 0.717) is 22.4 Å². The number of nitrogens with one attached hydrogen (secondary N) is 2. The Balaban J connectivity index is 1.38. The molecule has 2 aliphatic heterocycles. The highest BCUT2D eigenvalue weighted by molar-refractivity contribution is 6.08. The van der Waals surface area contributed by atoms with Crippen LogP contribution in [0.5, 0.6) is 5.75 Å². The molecule has 4 amide bonds. The second-order valence-electron chi connectivity index (χ2n) is 8.47. The van der Waals surface area contributed by atoms with Crippen LogP contribution in [0.4, 0.5) is 4.79 Å². The lowest BCUT2D eigenvalue weighted by Crippen LogP contribution is -2.52. The second-order valence-corrected chi connectivity index (χ2v) is 8.47. The van der Waals surface area contributed by atoms with Gasteiger partial charge in [-0.1, -0.05) is 12.1 Å². The van der Waals surface area contributed by atoms with Gasteiger partial charge in [-0.3, -0.25) is 19.9 Å². The first kappa shape index (κ1) is 20.8. The van der Waals surface area contributed by atoms with Gasteiger partial charge in [0.05, 0.1) is 13.7 Å². The zero-order valence-corrected chi connectivity index (χ0v) is 18.6. The van der Waals surface area contributed by atoms with E-state index in [2.05, 4.69) is 20.6 Å². The van der Waals surface area contributed by atoms with Gasteiger partial charge in [-0.15, -0.1) is 0 Å². The Morgan fingerprint density at radius 1 is 1.11 bits per heavy atom. The minimum absolute atomic E-state index is 0.115. The molecule has 10 nitrogen and oxygen atoms in total. The lowest BCUT2D eigenvalue weighted by molar-refractivity contribution is -0.125. The molecule has 1 aromatic carbocycles. The van der Waals surface area contributed by atoms with Crippen molar-refractivity contribution in [1.29, 1.82) is 0 Å². The first-order valence-electron chi connectivity index (χ1n) is 10.9. The van der Waals surface area contributed by atoms with E-state index in [0.717, 1.165) is 16.7 Å². The van der Waals surface area contributed by atoms with Crippen LogP contribution in [0.2, 0.25) is 0 Å². The summed E-state index contributed by atoms with van der Waals surface area (Å²) in [5.74, 6) is -0.114. The number of benzene rings is 1. The molecule has 1 saturated heterocycles. The molecule has 2 aliphatic rings. The van der Waals surface area contributed by atoms with Gasteiger partial charge in [0.1, 0.15) is 11.5 Å². The average Bonchev–Trinajstić information content (AvgIpc) is 3.53. The minimum Gasteiger partial charge on any atom is -0.497 e. The van der Waals surface area contributed by atoms with Gasteiger partial charge < -0.3 is 19.4 Å². The standard InChI is InChI=1S/C25H19N5O5/c1-34-18-5-4-15-12-30(22(31)19(15)9-18)13-25(23(32)28-24(33)29-25)20-8-16-7-17(11-27-21(16)35-20)14-3-2-6-26-10-14/h2-11H,12-13H2,1H3,(H2,28,29,32,33). The number of aromatic nitrogens is 2. The van der Waals surface area contributed by atoms with Crippen molar-refractivity contribution in [3.63, 3.8) is 0 Å². The number of nitrogens with zero attached hydrogens (tertiary/aromatic N) is 3. The highest BCUT2D eigenvalue weighted by Gasteiger charge is 2.53. The van der Waals surface area contributed by atoms with Crippen molar-refractivity contribution < 1.29 is 23.5 Å². The summed E-state index contributed by atoms with van der Waals surface area (Å²) < 4.78 is 11.2. The Bertz CT molecular complexity index is 1520. The van der Waals surface area contributed by atoms with E-state index in [1.165, 1.54) is 12.0 Å². The minimum atomic E-state index is -1.60. The van der Waals surface area contributed by atoms with Gasteiger partial charge in [0, 0.05) is 47.2 Å². The molecule has 1 fully saturated rings. The van der Waals surface area contributed by atoms with Gasteiger partial charge in [-0.25, -0.2) is 9.78 Å². The predicted molar refractivity (Wildman–Crippen MR) is 123 cm³/mol. The number of hydrogen-bond donors (Lipinski definition) is 2. The maximum Gasteiger partial charge on any atom is 0.322 e. The number of rotatable bonds is 5. The Hall–Kier alpha value is -4.73. The third-order valence-corrected chi connectivity index (χ3v) is 6.35. The highest BCUT2D eigenvalue weighted by Crippen LogP contribution is 2.35. The largest absolute Gasteiger partial charge is 0.497 e. The number of carbonyl (C=O) groups is 3. The maximum absolute atomic E-state index is 13.2. The topological polar surface area (TPSA) is 127 Å². The van der Waals surface area contributed by atoms with Crippen molar-refractivity contribution in [2.24, 2.45) is 0 Å². The fourth-order valence-electron chi connectivity index (χ4n) is 4.57. The summed E-state index contributed by atoms with van der Waals surface area (Å²) in [6.07, 6.45) is 5.06. The summed E-state index contributed by atoms with van der Waals surface area (Å²) in [7, 11) is 1.53. The molecule has 1 unspecified atom stereocenters. The van der Waals surface area contributed by atoms with E-state index in [9.17, 15) is 14.4 Å². The average molecular weight is 469 g/mol. The smallest absolute Gasteiger partial charge is 0.322 e. The molecule has 0 radical (unpaired) electrons. The number of hydrogen-bond acceptors (Lipinski definition) is 7. The summed E-state index contributed by atoms with van der Waals surface area (Å²) in [6, 6.07) is 11.9. The first-order chi connectivity index (χ1) is 17.0. The van der Waals surface area contributed by atoms with Crippen molar-refractivity contribution in [2.45, 2.75) is 12.1 Å². The van der Waals surface area contributed by atoms with Crippen LogP contribution in [0.25, 0.3) is 22.2 Å². The van der Waals surface area contributed by atoms with Gasteiger partial charge in [0.25, 0.3) is 11.8 Å². The lowest BCUT2D eigenvalue weighted by atomic mass is 9.95. The number of methoxy groups -OCH3 is 1. The maximum atomic E-state index is 13.2. The summed E-state index contributed by atoms with van der Waals surface area (Å²) in [5.41, 5.74) is 1.71. The Labute approximate surface area is 198 Å². The summed E-state index contributed by atoms with van der Waals surface area (Å²) in [6.45, 7) is 0.169. The lowest BCUT2D eigenvalue weighted by Gasteiger charge is -2.28. The van der Waals surface area contributed by atoms with Gasteiger partial charge in [0.15, 0.2) is 5.54 Å². The van der Waals surface area contributed by atoms with Gasteiger partial charge in [-0.2, -0.15) is 0 Å². The van der Waals surface area contributed by atoms with E-state index in [1.54, 1.807) is 36.8 Å². The van der Waals surface area contributed by atoms with Crippen molar-refractivity contribution in [1.82, 2.24) is 25.5 Å². The number of pyridine rings is 2. The molecule has 0 bridgehead atoms. The van der Waals surface area contributed by atoms with E-state index < -0.39 is 17.5 Å². The van der Waals surface area contributed by atoms with E-state index >= 15 is 0 Å². The van der Waals surface area contributed by atoms with Gasteiger partial charge >= 0.3 is 6.03 Å². The molecule has 0 saturated carbocycles. The molecule has 2 N–H and O–H groups in total. The van der Waals surface area contributed by atoms with Gasteiger partial charge in [-0.05, 0) is 35.9 Å². The summed E-state index contributed by atoms with van der Waals surface area (Å²) >= 11 is 0. The van der Waals surface area contributed by atoms with E-state index in [-0.39, 0.29) is 24.8 Å². The molecule has 0 spiro atoms. The quantitative estimate of drug-likeness (QED) is 0.430. The molecule has 6 rings (SSSR count). The van der Waals surface area contributed by atoms with E-state index in [4.69, 9.17) is 9.15 Å². The van der Waals surface area contributed by atoms with Crippen LogP contribution in [0.15, 0.2) is 65.5 Å². The molecular formula is C25H19N5O5. The number of amides is 4. The molecule has 1 atom stereocenters. The van der Waals surface area contributed by atoms with Crippen LogP contribution in [0, 0.1) is 0 Å². The monoisotopic (exact) mass is 469 g/mol. The molecule has 35 heavy (non-hydrogen) atoms. The van der Waals surface area contributed by atoms with Crippen molar-refractivity contribution in [2.75, 3.05) is 13.7 Å². The van der Waals surface area contributed by atoms with Crippen LogP contribution in [0.3, 0.4) is 0 Å². The predicted octanol–water partition coefficient (Wildman–Crippen LogP) is 2.59. The van der Waals surface area contributed by atoms with E-state index in [1.807, 2.05) is 24.3 Å².